The fourth-order valence-corrected chi connectivity index (χ4v) is 1.73. The molecule has 0 aliphatic heterocycles. The smallest absolute Gasteiger partial charge is 0.196 e. The lowest BCUT2D eigenvalue weighted by atomic mass is 10.1. The fourth-order valence-electron chi connectivity index (χ4n) is 1.73. The molecule has 1 heterocycles. The highest BCUT2D eigenvalue weighted by Gasteiger charge is 2.11. The molecule has 4 heteroatoms. The number of carbonyl (C=O) groups is 1. The maximum absolute atomic E-state index is 12.2. The van der Waals surface area contributed by atoms with Crippen LogP contribution >= 0.6 is 0 Å². The average Bonchev–Trinajstić information content (AvgIpc) is 2.86. The number of rotatable bonds is 4. The Morgan fingerprint density at radius 2 is 1.89 bits per heavy atom. The molecule has 0 fully saturated rings. The molecule has 0 atom stereocenters. The lowest BCUT2D eigenvalue weighted by molar-refractivity contribution is 0.103. The Bertz CT molecular complexity index is 540. The van der Waals surface area contributed by atoms with Crippen molar-refractivity contribution in [3.63, 3.8) is 0 Å². The number of aryl methyl sites for hydroxylation is 1. The summed E-state index contributed by atoms with van der Waals surface area (Å²) >= 11 is 0. The van der Waals surface area contributed by atoms with Crippen LogP contribution in [0.5, 0.6) is 0 Å². The van der Waals surface area contributed by atoms with Crippen molar-refractivity contribution in [3.05, 3.63) is 47.8 Å². The highest BCUT2D eigenvalue weighted by atomic mass is 16.1. The van der Waals surface area contributed by atoms with Gasteiger partial charge in [0, 0.05) is 38.1 Å². The summed E-state index contributed by atoms with van der Waals surface area (Å²) < 4.78 is 1.75. The quantitative estimate of drug-likeness (QED) is 0.773. The number of hydrogen-bond acceptors (Lipinski definition) is 3. The lowest BCUT2D eigenvalue weighted by Crippen LogP contribution is -2.09. The molecule has 18 heavy (non-hydrogen) atoms. The largest absolute Gasteiger partial charge is 0.378 e. The van der Waals surface area contributed by atoms with E-state index in [4.69, 9.17) is 0 Å². The number of ketones is 1. The highest BCUT2D eigenvalue weighted by Crippen LogP contribution is 2.15. The highest BCUT2D eigenvalue weighted by molar-refractivity contribution is 6.08. The Labute approximate surface area is 107 Å². The maximum Gasteiger partial charge on any atom is 0.196 e. The molecule has 0 amide bonds. The molecule has 1 aromatic heterocycles. The van der Waals surface area contributed by atoms with Gasteiger partial charge in [0.05, 0.1) is 11.8 Å². The number of aromatic nitrogens is 2. The van der Waals surface area contributed by atoms with E-state index in [0.29, 0.717) is 11.1 Å². The molecule has 94 valence electrons. The van der Waals surface area contributed by atoms with Crippen molar-refractivity contribution in [2.75, 3.05) is 19.0 Å². The van der Waals surface area contributed by atoms with Gasteiger partial charge in [0.15, 0.2) is 5.78 Å². The van der Waals surface area contributed by atoms with Crippen LogP contribution in [0.1, 0.15) is 22.8 Å². The molecule has 4 nitrogen and oxygen atoms in total. The number of carbonyl (C=O) groups excluding carboxylic acids is 1. The van der Waals surface area contributed by atoms with Crippen LogP contribution in [0.4, 0.5) is 5.69 Å². The van der Waals surface area contributed by atoms with Gasteiger partial charge in [-0.05, 0) is 31.2 Å². The van der Waals surface area contributed by atoms with Crippen molar-refractivity contribution in [3.8, 4) is 0 Å². The van der Waals surface area contributed by atoms with E-state index in [2.05, 4.69) is 5.10 Å². The Kier molecular flexibility index (Phi) is 3.46. The normalized spacial score (nSPS) is 10.4. The minimum Gasteiger partial charge on any atom is -0.378 e. The molecule has 0 saturated carbocycles. The first kappa shape index (κ1) is 12.4. The van der Waals surface area contributed by atoms with Crippen molar-refractivity contribution in [2.45, 2.75) is 13.5 Å². The molecule has 0 saturated heterocycles. The fraction of sp³-hybridized carbons (Fsp3) is 0.286. The van der Waals surface area contributed by atoms with Crippen molar-refractivity contribution >= 4 is 11.5 Å². The molecular formula is C14H17N3O. The van der Waals surface area contributed by atoms with Gasteiger partial charge >= 0.3 is 0 Å². The second-order valence-corrected chi connectivity index (χ2v) is 4.36. The summed E-state index contributed by atoms with van der Waals surface area (Å²) in [6.07, 6.45) is 3.40. The second-order valence-electron chi connectivity index (χ2n) is 4.36. The van der Waals surface area contributed by atoms with E-state index in [0.717, 1.165) is 12.2 Å². The zero-order valence-corrected chi connectivity index (χ0v) is 10.9. The van der Waals surface area contributed by atoms with E-state index in [1.165, 1.54) is 0 Å². The van der Waals surface area contributed by atoms with Crippen LogP contribution < -0.4 is 4.90 Å². The van der Waals surface area contributed by atoms with Crippen LogP contribution in [0.25, 0.3) is 0 Å². The molecule has 0 aliphatic carbocycles. The van der Waals surface area contributed by atoms with Gasteiger partial charge in [-0.3, -0.25) is 9.48 Å². The summed E-state index contributed by atoms with van der Waals surface area (Å²) in [5.74, 6) is 0.0139. The van der Waals surface area contributed by atoms with E-state index in [1.807, 2.05) is 50.2 Å². The summed E-state index contributed by atoms with van der Waals surface area (Å²) in [6, 6.07) is 7.58. The third-order valence-corrected chi connectivity index (χ3v) is 2.87. The Balaban J connectivity index is 2.23. The van der Waals surface area contributed by atoms with Crippen LogP contribution in [0, 0.1) is 0 Å². The van der Waals surface area contributed by atoms with Gasteiger partial charge in [-0.15, -0.1) is 0 Å². The molecule has 2 aromatic rings. The molecule has 0 spiro atoms. The summed E-state index contributed by atoms with van der Waals surface area (Å²) in [5, 5.41) is 4.11. The number of benzene rings is 1. The number of anilines is 1. The number of hydrogen-bond donors (Lipinski definition) is 0. The minimum absolute atomic E-state index is 0.0139. The van der Waals surface area contributed by atoms with Gasteiger partial charge < -0.3 is 4.90 Å². The predicted octanol–water partition coefficient (Wildman–Crippen LogP) is 2.20. The SMILES string of the molecule is CCn1cc(C(=O)c2ccc(N(C)C)cc2)cn1. The van der Waals surface area contributed by atoms with Crippen molar-refractivity contribution in [2.24, 2.45) is 0 Å². The standard InChI is InChI=1S/C14H17N3O/c1-4-17-10-12(9-15-17)14(18)11-5-7-13(8-6-11)16(2)3/h5-10H,4H2,1-3H3. The molecule has 0 bridgehead atoms. The van der Waals surface area contributed by atoms with E-state index >= 15 is 0 Å². The molecule has 2 rings (SSSR count). The summed E-state index contributed by atoms with van der Waals surface area (Å²) in [6.45, 7) is 2.76. The van der Waals surface area contributed by atoms with Crippen molar-refractivity contribution < 1.29 is 4.79 Å². The van der Waals surface area contributed by atoms with Crippen LogP contribution in [0.15, 0.2) is 36.7 Å². The third-order valence-electron chi connectivity index (χ3n) is 2.87. The monoisotopic (exact) mass is 243 g/mol. The molecule has 0 N–H and O–H groups in total. The van der Waals surface area contributed by atoms with E-state index in [1.54, 1.807) is 17.1 Å². The van der Waals surface area contributed by atoms with Crippen LogP contribution in [0.2, 0.25) is 0 Å². The van der Waals surface area contributed by atoms with Gasteiger partial charge in [0.25, 0.3) is 0 Å². The Morgan fingerprint density at radius 3 is 2.39 bits per heavy atom. The van der Waals surface area contributed by atoms with E-state index < -0.39 is 0 Å². The van der Waals surface area contributed by atoms with E-state index in [9.17, 15) is 4.79 Å². The van der Waals surface area contributed by atoms with Gasteiger partial charge in [0.2, 0.25) is 0 Å². The summed E-state index contributed by atoms with van der Waals surface area (Å²) in [5.41, 5.74) is 2.40. The van der Waals surface area contributed by atoms with Crippen molar-refractivity contribution in [1.82, 2.24) is 9.78 Å². The van der Waals surface area contributed by atoms with Gasteiger partial charge in [-0.1, -0.05) is 0 Å². The van der Waals surface area contributed by atoms with Gasteiger partial charge in [0.1, 0.15) is 0 Å². The average molecular weight is 243 g/mol. The van der Waals surface area contributed by atoms with Crippen LogP contribution in [-0.4, -0.2) is 29.7 Å². The first-order chi connectivity index (χ1) is 8.61. The molecule has 0 aliphatic rings. The summed E-state index contributed by atoms with van der Waals surface area (Å²) in [4.78, 5) is 14.2. The topological polar surface area (TPSA) is 38.1 Å². The third kappa shape index (κ3) is 2.42. The zero-order chi connectivity index (χ0) is 13.1. The first-order valence-corrected chi connectivity index (χ1v) is 5.96. The van der Waals surface area contributed by atoms with Gasteiger partial charge in [-0.2, -0.15) is 5.10 Å². The van der Waals surface area contributed by atoms with Gasteiger partial charge in [-0.25, -0.2) is 0 Å². The predicted molar refractivity (Wildman–Crippen MR) is 72.1 cm³/mol. The Hall–Kier alpha value is -2.10. The first-order valence-electron chi connectivity index (χ1n) is 5.96. The van der Waals surface area contributed by atoms with E-state index in [-0.39, 0.29) is 5.78 Å². The zero-order valence-electron chi connectivity index (χ0n) is 10.9. The van der Waals surface area contributed by atoms with Crippen molar-refractivity contribution in [1.29, 1.82) is 0 Å². The minimum atomic E-state index is 0.0139. The van der Waals surface area contributed by atoms with Crippen LogP contribution in [0.3, 0.4) is 0 Å². The molecule has 0 radical (unpaired) electrons. The Morgan fingerprint density at radius 1 is 1.22 bits per heavy atom. The number of nitrogens with zero attached hydrogens (tertiary/aromatic N) is 3. The maximum atomic E-state index is 12.2. The summed E-state index contributed by atoms with van der Waals surface area (Å²) in [7, 11) is 3.95. The molecule has 0 unspecified atom stereocenters. The molecule has 1 aromatic carbocycles. The second kappa shape index (κ2) is 5.04. The van der Waals surface area contributed by atoms with Crippen LogP contribution in [-0.2, 0) is 6.54 Å². The molecular weight excluding hydrogens is 226 g/mol. The lowest BCUT2D eigenvalue weighted by Gasteiger charge is -2.12.